The summed E-state index contributed by atoms with van der Waals surface area (Å²) in [7, 11) is -0.281. The van der Waals surface area contributed by atoms with E-state index in [0.717, 1.165) is 0 Å². The van der Waals surface area contributed by atoms with E-state index in [1.54, 1.807) is 6.20 Å². The van der Waals surface area contributed by atoms with Crippen molar-refractivity contribution < 1.29 is 0 Å². The average molecular weight is 145 g/mol. The second kappa shape index (κ2) is 2.28. The summed E-state index contributed by atoms with van der Waals surface area (Å²) in [6.07, 6.45) is 3.56. The molecule has 0 saturated heterocycles. The van der Waals surface area contributed by atoms with Crippen LogP contribution in [0.2, 0.25) is 0 Å². The van der Waals surface area contributed by atoms with E-state index in [1.165, 1.54) is 0 Å². The molecule has 0 saturated carbocycles. The molecule has 2 nitrogen and oxygen atoms in total. The van der Waals surface area contributed by atoms with E-state index in [9.17, 15) is 0 Å². The number of rotatable bonds is 0. The standard InChI is InChI=1S/C4H5N2S2/c5-4(7)8-3-1-2-6-8/h1-3H,(H2,5,7). The van der Waals surface area contributed by atoms with Crippen LogP contribution in [-0.2, 0) is 0 Å². The van der Waals surface area contributed by atoms with E-state index in [2.05, 4.69) is 16.9 Å². The van der Waals surface area contributed by atoms with Gasteiger partial charge in [-0.05, 0) is 22.1 Å². The average Bonchev–Trinajstić information content (AvgIpc) is 2.12. The van der Waals surface area contributed by atoms with E-state index in [0.29, 0.717) is 4.32 Å². The zero-order valence-electron chi connectivity index (χ0n) is 4.07. The van der Waals surface area contributed by atoms with Crippen LogP contribution >= 0.6 is 22.9 Å². The maximum Gasteiger partial charge on any atom is 0.146 e. The topological polar surface area (TPSA) is 40.1 Å². The van der Waals surface area contributed by atoms with Gasteiger partial charge in [0.15, 0.2) is 0 Å². The molecule has 4 heteroatoms. The highest BCUT2D eigenvalue weighted by Gasteiger charge is 1.98. The van der Waals surface area contributed by atoms with Crippen molar-refractivity contribution in [2.45, 2.75) is 0 Å². The second-order valence-corrected chi connectivity index (χ2v) is 3.47. The van der Waals surface area contributed by atoms with Gasteiger partial charge in [0.25, 0.3) is 0 Å². The van der Waals surface area contributed by atoms with Crippen LogP contribution in [-0.4, -0.2) is 9.69 Å². The van der Waals surface area contributed by atoms with Crippen LogP contribution in [0, 0.1) is 0 Å². The fourth-order valence-electron chi connectivity index (χ4n) is 0.364. The molecule has 1 heterocycles. The van der Waals surface area contributed by atoms with Crippen molar-refractivity contribution in [1.82, 2.24) is 4.72 Å². The van der Waals surface area contributed by atoms with Crippen LogP contribution in [0.1, 0.15) is 0 Å². The van der Waals surface area contributed by atoms with Gasteiger partial charge in [0.05, 0.1) is 0 Å². The van der Waals surface area contributed by atoms with Crippen LogP contribution in [0.25, 0.3) is 0 Å². The number of allylic oxidation sites excluding steroid dienone is 1. The lowest BCUT2D eigenvalue weighted by Gasteiger charge is -1.94. The predicted molar refractivity (Wildman–Crippen MR) is 41.7 cm³/mol. The van der Waals surface area contributed by atoms with Gasteiger partial charge >= 0.3 is 0 Å². The predicted octanol–water partition coefficient (Wildman–Crippen LogP) is 0.348. The van der Waals surface area contributed by atoms with Gasteiger partial charge < -0.3 is 5.73 Å². The minimum atomic E-state index is -0.281. The summed E-state index contributed by atoms with van der Waals surface area (Å²) in [4.78, 5) is 0. The van der Waals surface area contributed by atoms with Gasteiger partial charge in [0.2, 0.25) is 0 Å². The molecule has 0 fully saturated rings. The van der Waals surface area contributed by atoms with Crippen LogP contribution in [0.4, 0.5) is 0 Å². The summed E-state index contributed by atoms with van der Waals surface area (Å²) in [6, 6.07) is 0. The lowest BCUT2D eigenvalue weighted by Crippen LogP contribution is -2.06. The molecule has 0 aromatic heterocycles. The van der Waals surface area contributed by atoms with Crippen molar-refractivity contribution in [1.29, 1.82) is 0 Å². The fraction of sp³-hybridized carbons (Fsp3) is 0. The van der Waals surface area contributed by atoms with Crippen LogP contribution in [0.5, 0.6) is 0 Å². The van der Waals surface area contributed by atoms with E-state index >= 15 is 0 Å². The van der Waals surface area contributed by atoms with E-state index in [1.807, 2.05) is 11.4 Å². The normalized spacial score (nSPS) is 24.2. The molecule has 43 valence electrons. The number of hydrogen-bond donors (Lipinski definition) is 1. The van der Waals surface area contributed by atoms with Crippen molar-refractivity contribution in [2.24, 2.45) is 5.73 Å². The Kier molecular flexibility index (Phi) is 1.65. The highest BCUT2D eigenvalue weighted by atomic mass is 32.2. The summed E-state index contributed by atoms with van der Waals surface area (Å²) >= 11 is 4.68. The van der Waals surface area contributed by atoms with Crippen molar-refractivity contribution in [3.63, 3.8) is 0 Å². The molecule has 0 spiro atoms. The molecule has 0 aliphatic carbocycles. The molecule has 0 aromatic rings. The molecule has 1 aliphatic heterocycles. The molecule has 8 heavy (non-hydrogen) atoms. The third-order valence-corrected chi connectivity index (χ3v) is 2.36. The van der Waals surface area contributed by atoms with Crippen molar-refractivity contribution in [3.05, 3.63) is 12.3 Å². The third-order valence-electron chi connectivity index (χ3n) is 0.674. The van der Waals surface area contributed by atoms with Gasteiger partial charge in [-0.15, -0.1) is 0 Å². The van der Waals surface area contributed by atoms with Gasteiger partial charge in [-0.2, -0.15) is 0 Å². The van der Waals surface area contributed by atoms with Crippen molar-refractivity contribution >= 4 is 32.6 Å². The summed E-state index contributed by atoms with van der Waals surface area (Å²) in [5.41, 5.74) is 5.28. The Bertz CT molecular complexity index is 171. The van der Waals surface area contributed by atoms with Gasteiger partial charge in [-0.25, -0.2) is 4.72 Å². The SMILES string of the molecule is NC(=S)S1=CC=C[N]1. The summed E-state index contributed by atoms with van der Waals surface area (Å²) in [5, 5.41) is 1.89. The Morgan fingerprint density at radius 2 is 2.50 bits per heavy atom. The van der Waals surface area contributed by atoms with E-state index in [-0.39, 0.29) is 10.7 Å². The summed E-state index contributed by atoms with van der Waals surface area (Å²) < 4.78 is 4.43. The first-order valence-electron chi connectivity index (χ1n) is 2.04. The van der Waals surface area contributed by atoms with Gasteiger partial charge in [0, 0.05) is 6.20 Å². The van der Waals surface area contributed by atoms with Crippen LogP contribution in [0.3, 0.4) is 0 Å². The van der Waals surface area contributed by atoms with E-state index < -0.39 is 0 Å². The first-order chi connectivity index (χ1) is 3.80. The Hall–Kier alpha value is -0.350. The zero-order chi connectivity index (χ0) is 5.98. The van der Waals surface area contributed by atoms with Crippen molar-refractivity contribution in [3.8, 4) is 0 Å². The summed E-state index contributed by atoms with van der Waals surface area (Å²) in [6.45, 7) is 0. The number of hydrogen-bond acceptors (Lipinski definition) is 1. The Morgan fingerprint density at radius 1 is 1.75 bits per heavy atom. The number of thiocarbonyl (C=S) groups is 1. The molecule has 1 aliphatic rings. The molecule has 1 unspecified atom stereocenters. The van der Waals surface area contributed by atoms with Crippen LogP contribution < -0.4 is 10.5 Å². The smallest absolute Gasteiger partial charge is 0.146 e. The first kappa shape index (κ1) is 5.78. The summed E-state index contributed by atoms with van der Waals surface area (Å²) in [5.74, 6) is 0. The fourth-order valence-corrected chi connectivity index (χ4v) is 1.39. The lowest BCUT2D eigenvalue weighted by atomic mass is 10.7. The van der Waals surface area contributed by atoms with E-state index in [4.69, 9.17) is 5.73 Å². The molecule has 1 radical (unpaired) electrons. The lowest BCUT2D eigenvalue weighted by molar-refractivity contribution is 1.42. The highest BCUT2D eigenvalue weighted by Crippen LogP contribution is 2.11. The van der Waals surface area contributed by atoms with Gasteiger partial charge in [-0.1, -0.05) is 12.2 Å². The minimum Gasteiger partial charge on any atom is -0.384 e. The molecular weight excluding hydrogens is 140 g/mol. The second-order valence-electron chi connectivity index (χ2n) is 1.22. The highest BCUT2D eigenvalue weighted by molar-refractivity contribution is 8.33. The zero-order valence-corrected chi connectivity index (χ0v) is 5.71. The molecule has 1 rings (SSSR count). The first-order valence-corrected chi connectivity index (χ1v) is 3.69. The number of nitrogens with zero attached hydrogens (tertiary/aromatic N) is 1. The van der Waals surface area contributed by atoms with Crippen molar-refractivity contribution in [2.75, 3.05) is 0 Å². The van der Waals surface area contributed by atoms with Gasteiger partial charge in [0.1, 0.15) is 4.32 Å². The van der Waals surface area contributed by atoms with Gasteiger partial charge in [-0.3, -0.25) is 0 Å². The molecule has 0 bridgehead atoms. The quantitative estimate of drug-likeness (QED) is 0.499. The largest absolute Gasteiger partial charge is 0.384 e. The molecule has 2 N–H and O–H groups in total. The molecule has 0 amide bonds. The molecule has 0 aromatic carbocycles. The third kappa shape index (κ3) is 1.08. The maximum absolute atomic E-state index is 5.28. The maximum atomic E-state index is 5.28. The number of nitrogens with two attached hydrogens (primary N) is 1. The monoisotopic (exact) mass is 145 g/mol. The Morgan fingerprint density at radius 3 is 2.75 bits per heavy atom. The molecular formula is C4H5N2S2. The minimum absolute atomic E-state index is 0.281. The Labute approximate surface area is 55.8 Å². The molecule has 1 atom stereocenters. The van der Waals surface area contributed by atoms with Crippen LogP contribution in [0.15, 0.2) is 12.3 Å². The Balaban J connectivity index is 2.64.